The van der Waals surface area contributed by atoms with E-state index < -0.39 is 33.9 Å². The summed E-state index contributed by atoms with van der Waals surface area (Å²) in [6.45, 7) is 4.15. The summed E-state index contributed by atoms with van der Waals surface area (Å²) in [6, 6.07) is 6.71. The summed E-state index contributed by atoms with van der Waals surface area (Å²) in [6.07, 6.45) is 0.809. The third-order valence-corrected chi connectivity index (χ3v) is 9.38. The van der Waals surface area contributed by atoms with Gasteiger partial charge in [0.25, 0.3) is 10.0 Å². The van der Waals surface area contributed by atoms with Gasteiger partial charge in [-0.2, -0.15) is 4.31 Å². The van der Waals surface area contributed by atoms with E-state index in [1.54, 1.807) is 18.2 Å². The van der Waals surface area contributed by atoms with Crippen molar-refractivity contribution in [3.8, 4) is 0 Å². The SMILES string of the molecule is CO[C@@H]1[C@@H](OC)N(S(=O)(=O)c2ccccc2)C(=O)N1C(=O)C12CCC(CC1)C2(C)C. The van der Waals surface area contributed by atoms with E-state index in [1.165, 1.54) is 26.4 Å². The molecule has 1 heterocycles. The van der Waals surface area contributed by atoms with Crippen molar-refractivity contribution in [2.75, 3.05) is 14.2 Å². The number of carbonyl (C=O) groups is 2. The maximum Gasteiger partial charge on any atom is 0.345 e. The van der Waals surface area contributed by atoms with E-state index in [9.17, 15) is 18.0 Å². The highest BCUT2D eigenvalue weighted by Gasteiger charge is 2.67. The average Bonchev–Trinajstić information content (AvgIpc) is 3.28. The molecule has 0 unspecified atom stereocenters. The molecule has 8 nitrogen and oxygen atoms in total. The molecule has 30 heavy (non-hydrogen) atoms. The number of benzene rings is 1. The fourth-order valence-electron chi connectivity index (χ4n) is 5.74. The van der Waals surface area contributed by atoms with Gasteiger partial charge in [0.2, 0.25) is 5.91 Å². The number of methoxy groups -OCH3 is 2. The van der Waals surface area contributed by atoms with Crippen LogP contribution in [0.3, 0.4) is 0 Å². The minimum Gasteiger partial charge on any atom is -0.356 e. The Morgan fingerprint density at radius 3 is 2.07 bits per heavy atom. The maximum absolute atomic E-state index is 13.8. The molecule has 1 saturated heterocycles. The quantitative estimate of drug-likeness (QED) is 0.705. The molecule has 3 amide bonds. The zero-order valence-electron chi connectivity index (χ0n) is 17.7. The number of nitrogens with zero attached hydrogens (tertiary/aromatic N) is 2. The van der Waals surface area contributed by atoms with Crippen LogP contribution in [0.25, 0.3) is 0 Å². The van der Waals surface area contributed by atoms with E-state index in [2.05, 4.69) is 13.8 Å². The maximum atomic E-state index is 13.8. The van der Waals surface area contributed by atoms with Crippen LogP contribution in [-0.4, -0.2) is 56.2 Å². The molecule has 2 bridgehead atoms. The van der Waals surface area contributed by atoms with Gasteiger partial charge in [0.15, 0.2) is 12.5 Å². The second kappa shape index (κ2) is 7.03. The molecular weight excluding hydrogens is 408 g/mol. The molecule has 2 saturated carbocycles. The molecule has 0 N–H and O–H groups in total. The number of hydrogen-bond donors (Lipinski definition) is 0. The van der Waals surface area contributed by atoms with Crippen LogP contribution in [0.15, 0.2) is 35.2 Å². The Morgan fingerprint density at radius 1 is 1.03 bits per heavy atom. The number of imide groups is 1. The number of urea groups is 1. The fourth-order valence-corrected chi connectivity index (χ4v) is 7.22. The summed E-state index contributed by atoms with van der Waals surface area (Å²) in [4.78, 5) is 28.2. The second-order valence-corrected chi connectivity index (χ2v) is 10.7. The highest BCUT2D eigenvalue weighted by molar-refractivity contribution is 7.89. The molecule has 1 aromatic rings. The molecule has 9 heteroatoms. The minimum atomic E-state index is -4.24. The minimum absolute atomic E-state index is 0.0511. The van der Waals surface area contributed by atoms with Crippen LogP contribution in [0, 0.1) is 16.7 Å². The van der Waals surface area contributed by atoms with Gasteiger partial charge in [-0.15, -0.1) is 0 Å². The van der Waals surface area contributed by atoms with Crippen LogP contribution in [-0.2, 0) is 24.3 Å². The van der Waals surface area contributed by atoms with E-state index in [-0.39, 0.29) is 16.2 Å². The summed E-state index contributed by atoms with van der Waals surface area (Å²) >= 11 is 0. The van der Waals surface area contributed by atoms with Crippen molar-refractivity contribution in [3.63, 3.8) is 0 Å². The Morgan fingerprint density at radius 2 is 1.60 bits per heavy atom. The van der Waals surface area contributed by atoms with Crippen molar-refractivity contribution < 1.29 is 27.5 Å². The first-order valence-corrected chi connectivity index (χ1v) is 11.6. The summed E-state index contributed by atoms with van der Waals surface area (Å²) in [5.41, 5.74) is -0.966. The van der Waals surface area contributed by atoms with E-state index in [1.807, 2.05) is 0 Å². The van der Waals surface area contributed by atoms with Crippen molar-refractivity contribution in [1.82, 2.24) is 9.21 Å². The molecule has 0 spiro atoms. The molecule has 2 atom stereocenters. The Kier molecular flexibility index (Phi) is 4.99. The van der Waals surface area contributed by atoms with E-state index in [0.717, 1.165) is 17.7 Å². The monoisotopic (exact) mass is 436 g/mol. The van der Waals surface area contributed by atoms with Crippen molar-refractivity contribution in [3.05, 3.63) is 30.3 Å². The lowest BCUT2D eigenvalue weighted by atomic mass is 9.68. The lowest BCUT2D eigenvalue weighted by molar-refractivity contribution is -0.158. The van der Waals surface area contributed by atoms with Gasteiger partial charge in [-0.3, -0.25) is 4.79 Å². The lowest BCUT2D eigenvalue weighted by Gasteiger charge is -2.39. The number of rotatable bonds is 5. The lowest BCUT2D eigenvalue weighted by Crippen LogP contribution is -2.52. The van der Waals surface area contributed by atoms with Gasteiger partial charge in [-0.1, -0.05) is 32.0 Å². The van der Waals surface area contributed by atoms with Crippen molar-refractivity contribution >= 4 is 22.0 Å². The van der Waals surface area contributed by atoms with Gasteiger partial charge < -0.3 is 9.47 Å². The van der Waals surface area contributed by atoms with Crippen LogP contribution in [0.2, 0.25) is 0 Å². The average molecular weight is 437 g/mol. The molecule has 0 aromatic heterocycles. The number of ether oxygens (including phenoxy) is 2. The van der Waals surface area contributed by atoms with Crippen LogP contribution >= 0.6 is 0 Å². The van der Waals surface area contributed by atoms with Crippen LogP contribution < -0.4 is 0 Å². The van der Waals surface area contributed by atoms with Crippen molar-refractivity contribution in [2.24, 2.45) is 16.7 Å². The first-order valence-electron chi connectivity index (χ1n) is 10.2. The predicted molar refractivity (Wildman–Crippen MR) is 107 cm³/mol. The molecule has 1 aliphatic heterocycles. The number of carbonyl (C=O) groups excluding carboxylic acids is 2. The Bertz CT molecular complexity index is 953. The molecule has 3 aliphatic rings. The summed E-state index contributed by atoms with van der Waals surface area (Å²) in [7, 11) is -1.60. The summed E-state index contributed by atoms with van der Waals surface area (Å²) in [5.74, 6) is 0.0553. The number of hydrogen-bond acceptors (Lipinski definition) is 6. The van der Waals surface area contributed by atoms with Crippen LogP contribution in [0.5, 0.6) is 0 Å². The highest BCUT2D eigenvalue weighted by atomic mass is 32.2. The Labute approximate surface area is 177 Å². The van der Waals surface area contributed by atoms with Gasteiger partial charge in [0.05, 0.1) is 10.3 Å². The van der Waals surface area contributed by atoms with Gasteiger partial charge in [-0.25, -0.2) is 18.1 Å². The molecule has 1 aromatic carbocycles. The molecule has 2 aliphatic carbocycles. The second-order valence-electron chi connectivity index (χ2n) is 8.90. The van der Waals surface area contributed by atoms with Crippen LogP contribution in [0.4, 0.5) is 4.79 Å². The topological polar surface area (TPSA) is 93.2 Å². The summed E-state index contributed by atoms with van der Waals surface area (Å²) < 4.78 is 38.1. The zero-order valence-corrected chi connectivity index (χ0v) is 18.5. The number of sulfonamides is 1. The largest absolute Gasteiger partial charge is 0.356 e. The number of amides is 3. The molecular formula is C21H28N2O6S. The Balaban J connectivity index is 1.77. The zero-order chi connectivity index (χ0) is 21.9. The van der Waals surface area contributed by atoms with Gasteiger partial charge in [-0.05, 0) is 49.1 Å². The van der Waals surface area contributed by atoms with Crippen molar-refractivity contribution in [1.29, 1.82) is 0 Å². The first kappa shape index (κ1) is 21.3. The molecule has 164 valence electrons. The molecule has 3 fully saturated rings. The van der Waals surface area contributed by atoms with Gasteiger partial charge in [0.1, 0.15) is 0 Å². The third kappa shape index (κ3) is 2.61. The first-order chi connectivity index (χ1) is 14.1. The normalized spacial score (nSPS) is 32.8. The molecule has 4 rings (SSSR count). The smallest absolute Gasteiger partial charge is 0.345 e. The fraction of sp³-hybridized carbons (Fsp3) is 0.619. The van der Waals surface area contributed by atoms with Crippen molar-refractivity contribution in [2.45, 2.75) is 56.9 Å². The molecule has 0 radical (unpaired) electrons. The third-order valence-electron chi connectivity index (χ3n) is 7.63. The Hall–Kier alpha value is -1.97. The highest BCUT2D eigenvalue weighted by Crippen LogP contribution is 2.66. The summed E-state index contributed by atoms with van der Waals surface area (Å²) in [5, 5.41) is 0. The standard InChI is InChI=1S/C21H28N2O6S/c1-20(2)14-10-12-21(20,13-11-14)18(24)22-16(28-3)17(29-4)23(19(22)25)30(26,27)15-8-6-5-7-9-15/h5-9,14,16-17H,10-13H2,1-4H3/t14?,16-,17-,21?/m1/s1. The van der Waals surface area contributed by atoms with Gasteiger partial charge in [0, 0.05) is 14.2 Å². The number of fused-ring (bicyclic) bond motifs is 2. The van der Waals surface area contributed by atoms with Crippen LogP contribution in [0.1, 0.15) is 39.5 Å². The van der Waals surface area contributed by atoms with E-state index >= 15 is 0 Å². The van der Waals surface area contributed by atoms with E-state index in [4.69, 9.17) is 9.47 Å². The van der Waals surface area contributed by atoms with Gasteiger partial charge >= 0.3 is 6.03 Å². The predicted octanol–water partition coefficient (Wildman–Crippen LogP) is 2.80. The van der Waals surface area contributed by atoms with E-state index in [0.29, 0.717) is 23.1 Å².